The molecule has 4 aromatic rings. The van der Waals surface area contributed by atoms with E-state index in [1.807, 2.05) is 88.0 Å². The molecule has 5 N–H and O–H groups in total. The van der Waals surface area contributed by atoms with Crippen molar-refractivity contribution in [1.82, 2.24) is 35.4 Å². The first-order valence-corrected chi connectivity index (χ1v) is 19.5. The third kappa shape index (κ3) is 8.05. The Labute approximate surface area is 332 Å². The number of carbonyl (C=O) groups is 5. The van der Waals surface area contributed by atoms with Crippen molar-refractivity contribution >= 4 is 46.5 Å². The molecule has 4 unspecified atom stereocenters. The van der Waals surface area contributed by atoms with Crippen LogP contribution in [0.1, 0.15) is 73.1 Å². The fourth-order valence-electron chi connectivity index (χ4n) is 8.05. The Morgan fingerprint density at radius 1 is 0.737 bits per heavy atom. The lowest BCUT2D eigenvalue weighted by Gasteiger charge is -2.37. The summed E-state index contributed by atoms with van der Waals surface area (Å²) in [6, 6.07) is 14.2. The number of H-pyrrole nitrogens is 2. The van der Waals surface area contributed by atoms with Gasteiger partial charge in [0.15, 0.2) is 0 Å². The summed E-state index contributed by atoms with van der Waals surface area (Å²) in [6.45, 7) is 12.2. The molecule has 57 heavy (non-hydrogen) atoms. The summed E-state index contributed by atoms with van der Waals surface area (Å²) in [4.78, 5) is 80.3. The number of hydrogen-bond donors (Lipinski definition) is 5. The van der Waals surface area contributed by atoms with E-state index in [1.165, 1.54) is 14.2 Å². The van der Waals surface area contributed by atoms with Crippen molar-refractivity contribution < 1.29 is 33.4 Å². The Bertz CT molecular complexity index is 2140. The average Bonchev–Trinajstić information content (AvgIpc) is 4.01. The van der Waals surface area contributed by atoms with E-state index in [9.17, 15) is 24.0 Å². The minimum Gasteiger partial charge on any atom is -0.453 e. The van der Waals surface area contributed by atoms with Crippen molar-refractivity contribution in [3.8, 4) is 22.5 Å². The third-order valence-corrected chi connectivity index (χ3v) is 11.6. The van der Waals surface area contributed by atoms with Gasteiger partial charge in [0.1, 0.15) is 23.4 Å². The molecule has 2 aliphatic heterocycles. The van der Waals surface area contributed by atoms with Crippen LogP contribution in [0.5, 0.6) is 0 Å². The number of anilines is 1. The van der Waals surface area contributed by atoms with Gasteiger partial charge < -0.3 is 45.2 Å². The molecule has 0 saturated carbocycles. The highest BCUT2D eigenvalue weighted by molar-refractivity contribution is 6.03. The van der Waals surface area contributed by atoms with Gasteiger partial charge in [-0.3, -0.25) is 14.4 Å². The minimum atomic E-state index is -1.09. The van der Waals surface area contributed by atoms with Crippen LogP contribution in [0, 0.1) is 11.8 Å². The number of aromatic nitrogens is 3. The van der Waals surface area contributed by atoms with E-state index in [-0.39, 0.29) is 29.6 Å². The largest absolute Gasteiger partial charge is 0.453 e. The molecular weight excluding hydrogens is 729 g/mol. The SMILES string of the molecule is COC(=O)NC(C(=O)N1CCCC1(C)C(=O)Nc1ccc2[nH]c(-c3ccc(-c4cnc(C5(C)CCCN5C(=O)C(NC(=O)OC)C(C)C)[nH]4)cc3)cc2c1)C(C)C. The first kappa shape index (κ1) is 40.8. The van der Waals surface area contributed by atoms with E-state index < -0.39 is 35.3 Å². The van der Waals surface area contributed by atoms with Crippen LogP contribution in [-0.4, -0.2) is 99.6 Å². The standard InChI is InChI=1S/C42H54N8O7/c1-24(2)33(47-39(54)56-7)35(51)49-19-9-17-41(49,5)37-43-23-32(46-37)27-13-11-26(12-14-27)31-22-28-21-29(15-16-30(28)45-31)44-38(53)42(6)18-10-20-50(42)36(52)34(25(3)4)48-40(55)57-8/h11-16,21-25,33-34,45H,9-10,17-20H2,1-8H3,(H,43,46)(H,44,53)(H,47,54)(H,48,55). The van der Waals surface area contributed by atoms with Crippen molar-refractivity contribution in [2.75, 3.05) is 32.6 Å². The maximum absolute atomic E-state index is 13.8. The normalized spacial score (nSPS) is 20.5. The summed E-state index contributed by atoms with van der Waals surface area (Å²) in [5.41, 5.74) is 3.34. The van der Waals surface area contributed by atoms with Crippen LogP contribution in [-0.2, 0) is 29.4 Å². The quantitative estimate of drug-likeness (QED) is 0.120. The van der Waals surface area contributed by atoms with Gasteiger partial charge in [0.05, 0.1) is 31.6 Å². The molecule has 5 amide bonds. The molecule has 0 aliphatic carbocycles. The number of hydrogen-bond acceptors (Lipinski definition) is 8. The van der Waals surface area contributed by atoms with Gasteiger partial charge in [0.2, 0.25) is 17.7 Å². The molecule has 15 nitrogen and oxygen atoms in total. The van der Waals surface area contributed by atoms with E-state index in [2.05, 4.69) is 25.9 Å². The maximum atomic E-state index is 13.8. The zero-order chi connectivity index (χ0) is 41.2. The van der Waals surface area contributed by atoms with Gasteiger partial charge in [-0.1, -0.05) is 52.0 Å². The zero-order valence-corrected chi connectivity index (χ0v) is 33.9. The number of fused-ring (bicyclic) bond motifs is 1. The second-order valence-electron chi connectivity index (χ2n) is 16.1. The number of aromatic amines is 2. The van der Waals surface area contributed by atoms with Crippen LogP contribution >= 0.6 is 0 Å². The number of carbonyl (C=O) groups excluding carboxylic acids is 5. The fourth-order valence-corrected chi connectivity index (χ4v) is 8.05. The zero-order valence-electron chi connectivity index (χ0n) is 33.9. The Morgan fingerprint density at radius 3 is 1.89 bits per heavy atom. The van der Waals surface area contributed by atoms with Gasteiger partial charge in [-0.25, -0.2) is 14.6 Å². The van der Waals surface area contributed by atoms with Gasteiger partial charge in [0.25, 0.3) is 0 Å². The van der Waals surface area contributed by atoms with Gasteiger partial charge in [-0.15, -0.1) is 0 Å². The minimum absolute atomic E-state index is 0.134. The molecule has 15 heteroatoms. The van der Waals surface area contributed by atoms with E-state index >= 15 is 0 Å². The number of benzene rings is 2. The van der Waals surface area contributed by atoms with Gasteiger partial charge in [-0.2, -0.15) is 0 Å². The lowest BCUT2D eigenvalue weighted by atomic mass is 9.95. The second-order valence-corrected chi connectivity index (χ2v) is 16.1. The van der Waals surface area contributed by atoms with Crippen molar-refractivity contribution in [3.63, 3.8) is 0 Å². The molecule has 2 saturated heterocycles. The van der Waals surface area contributed by atoms with E-state index in [0.717, 1.165) is 46.3 Å². The summed E-state index contributed by atoms with van der Waals surface area (Å²) in [5, 5.41) is 9.27. The first-order chi connectivity index (χ1) is 27.1. The Morgan fingerprint density at radius 2 is 1.30 bits per heavy atom. The van der Waals surface area contributed by atoms with Crippen LogP contribution in [0.2, 0.25) is 0 Å². The second kappa shape index (κ2) is 16.3. The Hall–Kier alpha value is -5.86. The molecule has 2 aromatic heterocycles. The van der Waals surface area contributed by atoms with Gasteiger partial charge in [0, 0.05) is 35.4 Å². The molecule has 2 fully saturated rings. The molecule has 0 bridgehead atoms. The number of nitrogens with one attached hydrogen (secondary N) is 5. The number of amides is 5. The molecule has 304 valence electrons. The van der Waals surface area contributed by atoms with Crippen LogP contribution in [0.3, 0.4) is 0 Å². The van der Waals surface area contributed by atoms with Crippen LogP contribution < -0.4 is 16.0 Å². The molecule has 0 radical (unpaired) electrons. The Kier molecular flexibility index (Phi) is 11.7. The van der Waals surface area contributed by atoms with Gasteiger partial charge in [-0.05, 0) is 86.8 Å². The van der Waals surface area contributed by atoms with E-state index in [1.54, 1.807) is 18.0 Å². The number of ether oxygens (including phenoxy) is 2. The summed E-state index contributed by atoms with van der Waals surface area (Å²) < 4.78 is 9.51. The predicted molar refractivity (Wildman–Crippen MR) is 216 cm³/mol. The summed E-state index contributed by atoms with van der Waals surface area (Å²) in [6.07, 6.45) is 3.14. The molecule has 2 aromatic carbocycles. The number of likely N-dealkylation sites (tertiary alicyclic amines) is 2. The third-order valence-electron chi connectivity index (χ3n) is 11.6. The first-order valence-electron chi connectivity index (χ1n) is 19.5. The number of alkyl carbamates (subject to hydrolysis) is 2. The number of nitrogens with zero attached hydrogens (tertiary/aromatic N) is 3. The summed E-state index contributed by atoms with van der Waals surface area (Å²) >= 11 is 0. The topological polar surface area (TPSA) is 191 Å². The number of rotatable bonds is 11. The number of methoxy groups -OCH3 is 2. The average molecular weight is 783 g/mol. The lowest BCUT2D eigenvalue weighted by Crippen LogP contribution is -2.59. The highest BCUT2D eigenvalue weighted by atomic mass is 16.5. The van der Waals surface area contributed by atoms with Crippen LogP contribution in [0.15, 0.2) is 54.7 Å². The smallest absolute Gasteiger partial charge is 0.407 e. The maximum Gasteiger partial charge on any atom is 0.407 e. The van der Waals surface area contributed by atoms with Gasteiger partial charge >= 0.3 is 12.2 Å². The van der Waals surface area contributed by atoms with Crippen molar-refractivity contribution in [3.05, 3.63) is 60.6 Å². The van der Waals surface area contributed by atoms with Crippen LogP contribution in [0.25, 0.3) is 33.4 Å². The highest BCUT2D eigenvalue weighted by Gasteiger charge is 2.48. The van der Waals surface area contributed by atoms with E-state index in [4.69, 9.17) is 14.5 Å². The number of imidazole rings is 1. The van der Waals surface area contributed by atoms with Crippen molar-refractivity contribution in [1.29, 1.82) is 0 Å². The molecule has 4 atom stereocenters. The van der Waals surface area contributed by atoms with Crippen molar-refractivity contribution in [2.45, 2.75) is 90.4 Å². The molecular formula is C42H54N8O7. The summed E-state index contributed by atoms with van der Waals surface area (Å²) in [7, 11) is 2.53. The highest BCUT2D eigenvalue weighted by Crippen LogP contribution is 2.39. The summed E-state index contributed by atoms with van der Waals surface area (Å²) in [5.74, 6) is -0.435. The predicted octanol–water partition coefficient (Wildman–Crippen LogP) is 6.14. The van der Waals surface area contributed by atoms with Crippen molar-refractivity contribution in [2.24, 2.45) is 11.8 Å². The Balaban J connectivity index is 1.15. The molecule has 4 heterocycles. The molecule has 6 rings (SSSR count). The lowest BCUT2D eigenvalue weighted by molar-refractivity contribution is -0.144. The van der Waals surface area contributed by atoms with Crippen LogP contribution in [0.4, 0.5) is 15.3 Å². The monoisotopic (exact) mass is 782 g/mol. The molecule has 2 aliphatic rings. The van der Waals surface area contributed by atoms with E-state index in [0.29, 0.717) is 37.4 Å². The molecule has 0 spiro atoms. The fraction of sp³-hybridized carbons (Fsp3) is 0.476.